The van der Waals surface area contributed by atoms with Crippen molar-refractivity contribution in [1.29, 1.82) is 0 Å². The van der Waals surface area contributed by atoms with E-state index >= 15 is 0 Å². The van der Waals surface area contributed by atoms with E-state index in [9.17, 15) is 5.11 Å². The van der Waals surface area contributed by atoms with Crippen molar-refractivity contribution in [3.63, 3.8) is 0 Å². The van der Waals surface area contributed by atoms with Gasteiger partial charge in [0.05, 0.1) is 11.7 Å². The van der Waals surface area contributed by atoms with Gasteiger partial charge in [0.1, 0.15) is 0 Å². The van der Waals surface area contributed by atoms with E-state index < -0.39 is 0 Å². The summed E-state index contributed by atoms with van der Waals surface area (Å²) < 4.78 is 6.10. The lowest BCUT2D eigenvalue weighted by atomic mass is 9.92. The molecule has 1 heterocycles. The Labute approximate surface area is 125 Å². The molecule has 2 nitrogen and oxygen atoms in total. The van der Waals surface area contributed by atoms with Crippen LogP contribution in [0.25, 0.3) is 0 Å². The number of aliphatic hydroxyl groups excluding tert-OH is 1. The van der Waals surface area contributed by atoms with E-state index in [1.807, 2.05) is 30.8 Å². The number of hydrogen-bond acceptors (Lipinski definition) is 3. The van der Waals surface area contributed by atoms with Gasteiger partial charge in [0, 0.05) is 16.8 Å². The van der Waals surface area contributed by atoms with Crippen LogP contribution < -0.4 is 0 Å². The van der Waals surface area contributed by atoms with E-state index in [0.29, 0.717) is 5.25 Å². The van der Waals surface area contributed by atoms with Gasteiger partial charge in [-0.25, -0.2) is 0 Å². The molecule has 0 bridgehead atoms. The third-order valence-electron chi connectivity index (χ3n) is 4.63. The first-order valence-electron chi connectivity index (χ1n) is 7.76. The van der Waals surface area contributed by atoms with Crippen molar-refractivity contribution in [2.45, 2.75) is 67.3 Å². The molecule has 2 aliphatic rings. The van der Waals surface area contributed by atoms with Gasteiger partial charge in [-0.1, -0.05) is 25.0 Å². The van der Waals surface area contributed by atoms with Gasteiger partial charge in [-0.05, 0) is 50.3 Å². The zero-order valence-electron chi connectivity index (χ0n) is 12.2. The highest BCUT2D eigenvalue weighted by Crippen LogP contribution is 2.44. The summed E-state index contributed by atoms with van der Waals surface area (Å²) >= 11 is 1.98. The van der Waals surface area contributed by atoms with Gasteiger partial charge in [-0.2, -0.15) is 0 Å². The Morgan fingerprint density at radius 3 is 2.60 bits per heavy atom. The fraction of sp³-hybridized carbons (Fsp3) is 0.647. The van der Waals surface area contributed by atoms with E-state index in [1.165, 1.54) is 37.0 Å². The van der Waals surface area contributed by atoms with E-state index in [-0.39, 0.29) is 11.7 Å². The Balaban J connectivity index is 1.62. The first kappa shape index (κ1) is 14.4. The highest BCUT2D eigenvalue weighted by molar-refractivity contribution is 8.00. The molecular formula is C17H24O2S. The number of ether oxygens (including phenoxy) is 1. The topological polar surface area (TPSA) is 29.5 Å². The lowest BCUT2D eigenvalue weighted by Gasteiger charge is -2.38. The Hall–Kier alpha value is -0.510. The minimum atomic E-state index is -0.376. The van der Waals surface area contributed by atoms with Gasteiger partial charge in [0.15, 0.2) is 0 Å². The fourth-order valence-corrected chi connectivity index (χ4v) is 4.75. The summed E-state index contributed by atoms with van der Waals surface area (Å²) in [6.07, 6.45) is 7.16. The zero-order chi connectivity index (χ0) is 14.0. The summed E-state index contributed by atoms with van der Waals surface area (Å²) in [7, 11) is 0. The second kappa shape index (κ2) is 6.08. The fourth-order valence-electron chi connectivity index (χ4n) is 3.47. The standard InChI is InChI=1S/C17H24O2S/c1-13(18)14-4-6-15(7-5-14)20-16-8-11-19-17(12-16)9-2-3-10-17/h4-7,13,16,18H,2-3,8-12H2,1H3. The molecule has 0 aromatic heterocycles. The predicted molar refractivity (Wildman–Crippen MR) is 83.1 cm³/mol. The van der Waals surface area contributed by atoms with Crippen molar-refractivity contribution >= 4 is 11.8 Å². The second-order valence-electron chi connectivity index (χ2n) is 6.22. The van der Waals surface area contributed by atoms with Crippen molar-refractivity contribution in [3.8, 4) is 0 Å². The Morgan fingerprint density at radius 2 is 1.95 bits per heavy atom. The average Bonchev–Trinajstić information content (AvgIpc) is 2.87. The van der Waals surface area contributed by atoms with Crippen LogP contribution in [0.3, 0.4) is 0 Å². The molecule has 1 aliphatic carbocycles. The van der Waals surface area contributed by atoms with Crippen molar-refractivity contribution in [1.82, 2.24) is 0 Å². The molecule has 110 valence electrons. The molecule has 1 spiro atoms. The number of rotatable bonds is 3. The molecule has 20 heavy (non-hydrogen) atoms. The Kier molecular flexibility index (Phi) is 4.39. The van der Waals surface area contributed by atoms with E-state index in [2.05, 4.69) is 12.1 Å². The van der Waals surface area contributed by atoms with Gasteiger partial charge in [-0.3, -0.25) is 0 Å². The van der Waals surface area contributed by atoms with Crippen molar-refractivity contribution in [2.24, 2.45) is 0 Å². The monoisotopic (exact) mass is 292 g/mol. The second-order valence-corrected chi connectivity index (χ2v) is 7.59. The summed E-state index contributed by atoms with van der Waals surface area (Å²) in [5.41, 5.74) is 1.20. The van der Waals surface area contributed by atoms with Crippen LogP contribution in [0.1, 0.15) is 57.1 Å². The molecule has 1 N–H and O–H groups in total. The molecule has 1 aromatic carbocycles. The van der Waals surface area contributed by atoms with Gasteiger partial charge >= 0.3 is 0 Å². The smallest absolute Gasteiger partial charge is 0.0761 e. The first-order valence-corrected chi connectivity index (χ1v) is 8.64. The van der Waals surface area contributed by atoms with Gasteiger partial charge in [-0.15, -0.1) is 11.8 Å². The summed E-state index contributed by atoms with van der Waals surface area (Å²) in [6.45, 7) is 2.73. The number of aliphatic hydroxyl groups is 1. The summed E-state index contributed by atoms with van der Waals surface area (Å²) in [6, 6.07) is 8.36. The molecule has 1 saturated carbocycles. The van der Waals surface area contributed by atoms with Crippen LogP contribution in [0.5, 0.6) is 0 Å². The maximum absolute atomic E-state index is 9.55. The molecule has 0 radical (unpaired) electrons. The molecule has 2 atom stereocenters. The quantitative estimate of drug-likeness (QED) is 0.899. The molecule has 3 heteroatoms. The van der Waals surface area contributed by atoms with Gasteiger partial charge < -0.3 is 9.84 Å². The van der Waals surface area contributed by atoms with E-state index in [4.69, 9.17) is 4.74 Å². The van der Waals surface area contributed by atoms with Crippen molar-refractivity contribution < 1.29 is 9.84 Å². The maximum Gasteiger partial charge on any atom is 0.0761 e. The summed E-state index contributed by atoms with van der Waals surface area (Å²) in [5, 5.41) is 10.2. The SMILES string of the molecule is CC(O)c1ccc(SC2CCOC3(CCCC3)C2)cc1. The minimum absolute atomic E-state index is 0.204. The van der Waals surface area contributed by atoms with Crippen molar-refractivity contribution in [3.05, 3.63) is 29.8 Å². The number of thioether (sulfide) groups is 1. The molecule has 2 fully saturated rings. The third-order valence-corrected chi connectivity index (χ3v) is 5.91. The molecule has 2 unspecified atom stereocenters. The van der Waals surface area contributed by atoms with E-state index in [1.54, 1.807) is 0 Å². The van der Waals surface area contributed by atoms with E-state index in [0.717, 1.165) is 18.6 Å². The van der Waals surface area contributed by atoms with Gasteiger partial charge in [0.2, 0.25) is 0 Å². The molecule has 1 aliphatic heterocycles. The Morgan fingerprint density at radius 1 is 1.25 bits per heavy atom. The average molecular weight is 292 g/mol. The number of benzene rings is 1. The lowest BCUT2D eigenvalue weighted by molar-refractivity contribution is -0.0703. The van der Waals surface area contributed by atoms with Crippen LogP contribution in [-0.2, 0) is 4.74 Å². The normalized spacial score (nSPS) is 26.8. The highest BCUT2D eigenvalue weighted by Gasteiger charge is 2.40. The van der Waals surface area contributed by atoms with Gasteiger partial charge in [0.25, 0.3) is 0 Å². The van der Waals surface area contributed by atoms with Crippen molar-refractivity contribution in [2.75, 3.05) is 6.61 Å². The van der Waals surface area contributed by atoms with Crippen LogP contribution in [0, 0.1) is 0 Å². The molecule has 3 rings (SSSR count). The van der Waals surface area contributed by atoms with Crippen LogP contribution in [0.4, 0.5) is 0 Å². The molecular weight excluding hydrogens is 268 g/mol. The summed E-state index contributed by atoms with van der Waals surface area (Å²) in [4.78, 5) is 1.31. The molecule has 1 saturated heterocycles. The minimum Gasteiger partial charge on any atom is -0.389 e. The number of hydrogen-bond donors (Lipinski definition) is 1. The third kappa shape index (κ3) is 3.21. The molecule has 0 amide bonds. The molecule has 1 aromatic rings. The highest BCUT2D eigenvalue weighted by atomic mass is 32.2. The lowest BCUT2D eigenvalue weighted by Crippen LogP contribution is -2.38. The Bertz CT molecular complexity index is 435. The summed E-state index contributed by atoms with van der Waals surface area (Å²) in [5.74, 6) is 0. The largest absolute Gasteiger partial charge is 0.389 e. The first-order chi connectivity index (χ1) is 9.67. The predicted octanol–water partition coefficient (Wildman–Crippen LogP) is 4.32. The maximum atomic E-state index is 9.55. The van der Waals surface area contributed by atoms with Crippen LogP contribution in [0.15, 0.2) is 29.2 Å². The van der Waals surface area contributed by atoms with Crippen LogP contribution in [0.2, 0.25) is 0 Å². The zero-order valence-corrected chi connectivity index (χ0v) is 13.0. The van der Waals surface area contributed by atoms with Crippen LogP contribution >= 0.6 is 11.8 Å². The van der Waals surface area contributed by atoms with Crippen LogP contribution in [-0.4, -0.2) is 22.6 Å².